The molecule has 0 aromatic carbocycles. The van der Waals surface area contributed by atoms with Crippen molar-refractivity contribution in [1.29, 1.82) is 0 Å². The number of furan rings is 1. The molecule has 0 spiro atoms. The van der Waals surface area contributed by atoms with E-state index in [2.05, 4.69) is 5.32 Å². The zero-order chi connectivity index (χ0) is 10.9. The predicted octanol–water partition coefficient (Wildman–Crippen LogP) is 0.262. The molecule has 1 aromatic rings. The summed E-state index contributed by atoms with van der Waals surface area (Å²) in [6, 6.07) is 3.24. The van der Waals surface area contributed by atoms with Gasteiger partial charge in [-0.15, -0.1) is 0 Å². The largest absolute Gasteiger partial charge is 0.452 e. The van der Waals surface area contributed by atoms with Crippen molar-refractivity contribution < 1.29 is 12.8 Å². The van der Waals surface area contributed by atoms with Gasteiger partial charge in [-0.2, -0.15) is 4.31 Å². The third kappa shape index (κ3) is 2.06. The average molecular weight is 230 g/mol. The summed E-state index contributed by atoms with van der Waals surface area (Å²) in [6.07, 6.45) is 1.37. The molecule has 84 valence electrons. The normalized spacial score (nSPS) is 24.2. The highest BCUT2D eigenvalue weighted by atomic mass is 32.2. The maximum absolute atomic E-state index is 12.0. The molecule has 0 saturated carbocycles. The Balaban J connectivity index is 2.22. The lowest BCUT2D eigenvalue weighted by Gasteiger charge is -2.30. The van der Waals surface area contributed by atoms with E-state index in [1.807, 2.05) is 6.92 Å². The van der Waals surface area contributed by atoms with Crippen LogP contribution in [0.15, 0.2) is 27.9 Å². The lowest BCUT2D eigenvalue weighted by atomic mass is 10.3. The second-order valence-corrected chi connectivity index (χ2v) is 5.52. The molecule has 15 heavy (non-hydrogen) atoms. The fraction of sp³-hybridized carbons (Fsp3) is 0.556. The number of sulfonamides is 1. The van der Waals surface area contributed by atoms with Crippen molar-refractivity contribution in [2.24, 2.45) is 0 Å². The Hall–Kier alpha value is -0.850. The van der Waals surface area contributed by atoms with Crippen molar-refractivity contribution >= 4 is 10.0 Å². The van der Waals surface area contributed by atoms with Gasteiger partial charge in [0.15, 0.2) is 0 Å². The minimum atomic E-state index is -3.42. The number of hydrogen-bond acceptors (Lipinski definition) is 4. The fourth-order valence-corrected chi connectivity index (χ4v) is 3.09. The molecule has 1 aliphatic heterocycles. The number of nitrogens with zero attached hydrogens (tertiary/aromatic N) is 1. The Morgan fingerprint density at radius 3 is 3.00 bits per heavy atom. The van der Waals surface area contributed by atoms with Crippen LogP contribution < -0.4 is 5.32 Å². The van der Waals surface area contributed by atoms with E-state index in [4.69, 9.17) is 4.42 Å². The van der Waals surface area contributed by atoms with E-state index in [-0.39, 0.29) is 11.1 Å². The van der Waals surface area contributed by atoms with E-state index in [0.29, 0.717) is 19.6 Å². The Labute approximate surface area is 89.1 Å². The molecule has 2 rings (SSSR count). The molecule has 0 bridgehead atoms. The molecule has 0 radical (unpaired) electrons. The first-order valence-electron chi connectivity index (χ1n) is 4.88. The second kappa shape index (κ2) is 3.96. The molecule has 1 aromatic heterocycles. The van der Waals surface area contributed by atoms with E-state index in [9.17, 15) is 8.42 Å². The second-order valence-electron chi connectivity index (χ2n) is 3.65. The van der Waals surface area contributed by atoms with Gasteiger partial charge in [0.1, 0.15) is 0 Å². The van der Waals surface area contributed by atoms with Crippen molar-refractivity contribution in [2.75, 3.05) is 19.6 Å². The summed E-state index contributed by atoms with van der Waals surface area (Å²) >= 11 is 0. The molecule has 6 heteroatoms. The zero-order valence-corrected chi connectivity index (χ0v) is 9.33. The predicted molar refractivity (Wildman–Crippen MR) is 54.9 cm³/mol. The van der Waals surface area contributed by atoms with Crippen LogP contribution in [0, 0.1) is 0 Å². The SMILES string of the molecule is C[C@@H]1CN(S(=O)(=O)c2ccco2)CCN1. The van der Waals surface area contributed by atoms with Crippen LogP contribution >= 0.6 is 0 Å². The van der Waals surface area contributed by atoms with Crippen molar-refractivity contribution in [2.45, 2.75) is 18.1 Å². The van der Waals surface area contributed by atoms with E-state index in [0.717, 1.165) is 0 Å². The summed E-state index contributed by atoms with van der Waals surface area (Å²) in [5.74, 6) is 0. The first-order chi connectivity index (χ1) is 7.10. The first-order valence-corrected chi connectivity index (χ1v) is 6.32. The molecule has 0 unspecified atom stereocenters. The molecule has 5 nitrogen and oxygen atoms in total. The van der Waals surface area contributed by atoms with E-state index >= 15 is 0 Å². The number of hydrogen-bond donors (Lipinski definition) is 1. The molecule has 1 N–H and O–H groups in total. The van der Waals surface area contributed by atoms with Crippen LogP contribution in [0.3, 0.4) is 0 Å². The minimum Gasteiger partial charge on any atom is -0.452 e. The Morgan fingerprint density at radius 2 is 2.40 bits per heavy atom. The molecule has 1 saturated heterocycles. The lowest BCUT2D eigenvalue weighted by Crippen LogP contribution is -2.51. The monoisotopic (exact) mass is 230 g/mol. The number of nitrogens with one attached hydrogen (secondary N) is 1. The molecule has 1 aliphatic rings. The summed E-state index contributed by atoms with van der Waals surface area (Å²) < 4.78 is 30.4. The van der Waals surface area contributed by atoms with Crippen LogP contribution in [0.5, 0.6) is 0 Å². The summed E-state index contributed by atoms with van der Waals surface area (Å²) in [6.45, 7) is 3.63. The summed E-state index contributed by atoms with van der Waals surface area (Å²) in [7, 11) is -3.42. The van der Waals surface area contributed by atoms with Crippen molar-refractivity contribution in [1.82, 2.24) is 9.62 Å². The molecule has 1 atom stereocenters. The van der Waals surface area contributed by atoms with Crippen molar-refractivity contribution in [3.63, 3.8) is 0 Å². The quantitative estimate of drug-likeness (QED) is 0.791. The van der Waals surface area contributed by atoms with Gasteiger partial charge in [0.05, 0.1) is 6.26 Å². The maximum atomic E-state index is 12.0. The number of piperazine rings is 1. The molecule has 2 heterocycles. The van der Waals surface area contributed by atoms with E-state index < -0.39 is 10.0 Å². The van der Waals surface area contributed by atoms with Crippen LogP contribution in [0.1, 0.15) is 6.92 Å². The van der Waals surface area contributed by atoms with Crippen molar-refractivity contribution in [3.8, 4) is 0 Å². The lowest BCUT2D eigenvalue weighted by molar-refractivity contribution is 0.301. The summed E-state index contributed by atoms with van der Waals surface area (Å²) in [4.78, 5) is 0. The molecule has 0 aliphatic carbocycles. The topological polar surface area (TPSA) is 62.6 Å². The van der Waals surface area contributed by atoms with Crippen LogP contribution in [0.2, 0.25) is 0 Å². The van der Waals surface area contributed by atoms with Gasteiger partial charge < -0.3 is 9.73 Å². The van der Waals surface area contributed by atoms with Gasteiger partial charge in [-0.25, -0.2) is 8.42 Å². The Kier molecular flexibility index (Phi) is 2.81. The van der Waals surface area contributed by atoms with Gasteiger partial charge in [0, 0.05) is 25.7 Å². The van der Waals surface area contributed by atoms with E-state index in [1.165, 1.54) is 16.6 Å². The van der Waals surface area contributed by atoms with Crippen molar-refractivity contribution in [3.05, 3.63) is 18.4 Å². The minimum absolute atomic E-state index is 0.0246. The van der Waals surface area contributed by atoms with Crippen LogP contribution in [0.25, 0.3) is 0 Å². The summed E-state index contributed by atoms with van der Waals surface area (Å²) in [5.41, 5.74) is 0. The van der Waals surface area contributed by atoms with E-state index in [1.54, 1.807) is 6.07 Å². The standard InChI is InChI=1S/C9H14N2O3S/c1-8-7-11(5-4-10-8)15(12,13)9-3-2-6-14-9/h2-3,6,8,10H,4-5,7H2,1H3/t8-/m1/s1. The third-order valence-corrected chi connectivity index (χ3v) is 4.17. The van der Waals surface area contributed by atoms with Gasteiger partial charge in [-0.1, -0.05) is 0 Å². The Bertz CT molecular complexity index is 413. The van der Waals surface area contributed by atoms with Gasteiger partial charge in [-0.3, -0.25) is 0 Å². The summed E-state index contributed by atoms with van der Waals surface area (Å²) in [5, 5.41) is 3.22. The smallest absolute Gasteiger partial charge is 0.276 e. The highest BCUT2D eigenvalue weighted by Crippen LogP contribution is 2.17. The molecular formula is C9H14N2O3S. The fourth-order valence-electron chi connectivity index (χ4n) is 1.65. The van der Waals surface area contributed by atoms with Crippen LogP contribution in [-0.2, 0) is 10.0 Å². The van der Waals surface area contributed by atoms with Gasteiger partial charge in [0.2, 0.25) is 5.09 Å². The highest BCUT2D eigenvalue weighted by Gasteiger charge is 2.30. The third-order valence-electron chi connectivity index (χ3n) is 2.42. The first kappa shape index (κ1) is 10.7. The molecule has 1 fully saturated rings. The van der Waals surface area contributed by atoms with Crippen LogP contribution in [-0.4, -0.2) is 38.4 Å². The number of rotatable bonds is 2. The average Bonchev–Trinajstić information content (AvgIpc) is 2.71. The van der Waals surface area contributed by atoms with Gasteiger partial charge in [-0.05, 0) is 19.1 Å². The zero-order valence-electron chi connectivity index (χ0n) is 8.51. The van der Waals surface area contributed by atoms with Gasteiger partial charge >= 0.3 is 0 Å². The van der Waals surface area contributed by atoms with Crippen LogP contribution in [0.4, 0.5) is 0 Å². The Morgan fingerprint density at radius 1 is 1.60 bits per heavy atom. The van der Waals surface area contributed by atoms with Gasteiger partial charge in [0.25, 0.3) is 10.0 Å². The highest BCUT2D eigenvalue weighted by molar-refractivity contribution is 7.89. The molecular weight excluding hydrogens is 216 g/mol. The molecule has 0 amide bonds. The maximum Gasteiger partial charge on any atom is 0.276 e.